The summed E-state index contributed by atoms with van der Waals surface area (Å²) in [5.74, 6) is 0.417. The molecule has 0 fully saturated rings. The second-order valence-corrected chi connectivity index (χ2v) is 7.24. The molecule has 0 spiro atoms. The first kappa shape index (κ1) is 17.0. The van der Waals surface area contributed by atoms with Crippen molar-refractivity contribution in [3.05, 3.63) is 51.2 Å². The highest BCUT2D eigenvalue weighted by Crippen LogP contribution is 2.34. The Labute approximate surface area is 142 Å². The fourth-order valence-corrected chi connectivity index (χ4v) is 4.10. The number of hydrogen-bond donors (Lipinski definition) is 1. The smallest absolute Gasteiger partial charge is 0.321 e. The molecule has 0 saturated carbocycles. The standard InChI is InChI=1S/C18H18F3NOS/c1-2-11-3-8-15-12(9-11)10-16(24-15)17(23)22-14-6-4-13(5-7-14)18(19,20)21/h4-7,10-11H,2-3,8-9H2,1H3,(H,22,23)/t11-/m1/s1. The maximum atomic E-state index is 12.6. The molecular formula is C18H18F3NOS. The molecule has 2 aromatic rings. The van der Waals surface area contributed by atoms with E-state index >= 15 is 0 Å². The van der Waals surface area contributed by atoms with E-state index in [1.165, 1.54) is 33.9 Å². The summed E-state index contributed by atoms with van der Waals surface area (Å²) in [6.45, 7) is 2.18. The van der Waals surface area contributed by atoms with Crippen LogP contribution in [0, 0.1) is 5.92 Å². The molecule has 2 nitrogen and oxygen atoms in total. The zero-order chi connectivity index (χ0) is 17.3. The van der Waals surface area contributed by atoms with Gasteiger partial charge in [-0.1, -0.05) is 13.3 Å². The summed E-state index contributed by atoms with van der Waals surface area (Å²) in [7, 11) is 0. The van der Waals surface area contributed by atoms with Gasteiger partial charge in [0.05, 0.1) is 10.4 Å². The molecule has 3 rings (SSSR count). The number of carbonyl (C=O) groups is 1. The molecule has 6 heteroatoms. The predicted molar refractivity (Wildman–Crippen MR) is 89.5 cm³/mol. The van der Waals surface area contributed by atoms with Gasteiger partial charge in [0.25, 0.3) is 5.91 Å². The number of thiophene rings is 1. The van der Waals surface area contributed by atoms with Crippen LogP contribution in [0.1, 0.15) is 45.4 Å². The van der Waals surface area contributed by atoms with Gasteiger partial charge in [-0.15, -0.1) is 11.3 Å². The minimum absolute atomic E-state index is 0.262. The molecule has 0 bridgehead atoms. The summed E-state index contributed by atoms with van der Waals surface area (Å²) >= 11 is 1.49. The molecule has 0 saturated heterocycles. The number of amides is 1. The van der Waals surface area contributed by atoms with E-state index in [4.69, 9.17) is 0 Å². The highest BCUT2D eigenvalue weighted by atomic mass is 32.1. The summed E-state index contributed by atoms with van der Waals surface area (Å²) < 4.78 is 37.7. The monoisotopic (exact) mass is 353 g/mol. The van der Waals surface area contributed by atoms with Crippen LogP contribution < -0.4 is 5.32 Å². The predicted octanol–water partition coefficient (Wildman–Crippen LogP) is 5.53. The zero-order valence-corrected chi connectivity index (χ0v) is 14.1. The van der Waals surface area contributed by atoms with E-state index in [0.717, 1.165) is 37.8 Å². The zero-order valence-electron chi connectivity index (χ0n) is 13.2. The Kier molecular flexibility index (Phi) is 4.67. The Balaban J connectivity index is 1.71. The lowest BCUT2D eigenvalue weighted by Crippen LogP contribution is -2.11. The van der Waals surface area contributed by atoms with E-state index < -0.39 is 11.7 Å². The third kappa shape index (κ3) is 3.64. The fraction of sp³-hybridized carbons (Fsp3) is 0.389. The Morgan fingerprint density at radius 1 is 1.29 bits per heavy atom. The van der Waals surface area contributed by atoms with Gasteiger partial charge in [0.15, 0.2) is 0 Å². The third-order valence-corrected chi connectivity index (χ3v) is 5.69. The molecule has 1 aromatic carbocycles. The van der Waals surface area contributed by atoms with Crippen molar-refractivity contribution in [1.82, 2.24) is 0 Å². The summed E-state index contributed by atoms with van der Waals surface area (Å²) in [4.78, 5) is 14.2. The molecule has 128 valence electrons. The molecule has 1 aliphatic carbocycles. The lowest BCUT2D eigenvalue weighted by molar-refractivity contribution is -0.137. The Morgan fingerprint density at radius 3 is 2.62 bits per heavy atom. The first-order chi connectivity index (χ1) is 11.4. The van der Waals surface area contributed by atoms with Crippen molar-refractivity contribution in [3.63, 3.8) is 0 Å². The average Bonchev–Trinajstić information content (AvgIpc) is 2.97. The molecule has 0 unspecified atom stereocenters. The van der Waals surface area contributed by atoms with Crippen molar-refractivity contribution in [2.45, 2.75) is 38.8 Å². The minimum Gasteiger partial charge on any atom is -0.321 e. The first-order valence-electron chi connectivity index (χ1n) is 7.97. The van der Waals surface area contributed by atoms with Crippen LogP contribution in [0.15, 0.2) is 30.3 Å². The third-order valence-electron chi connectivity index (χ3n) is 4.46. The quantitative estimate of drug-likeness (QED) is 0.772. The van der Waals surface area contributed by atoms with Crippen LogP contribution in [-0.2, 0) is 19.0 Å². The van der Waals surface area contributed by atoms with Gasteiger partial charge in [0.1, 0.15) is 0 Å². The van der Waals surface area contributed by atoms with Gasteiger partial charge in [0.2, 0.25) is 0 Å². The maximum absolute atomic E-state index is 12.6. The first-order valence-corrected chi connectivity index (χ1v) is 8.78. The van der Waals surface area contributed by atoms with E-state index in [1.54, 1.807) is 0 Å². The molecule has 24 heavy (non-hydrogen) atoms. The number of rotatable bonds is 3. The van der Waals surface area contributed by atoms with Gasteiger partial charge in [-0.25, -0.2) is 0 Å². The largest absolute Gasteiger partial charge is 0.416 e. The number of anilines is 1. The number of halogens is 3. The summed E-state index contributed by atoms with van der Waals surface area (Å²) in [5, 5.41) is 2.68. The number of aryl methyl sites for hydroxylation is 1. The summed E-state index contributed by atoms with van der Waals surface area (Å²) in [6.07, 6.45) is -0.0561. The van der Waals surface area contributed by atoms with Crippen molar-refractivity contribution in [3.8, 4) is 0 Å². The highest BCUT2D eigenvalue weighted by molar-refractivity contribution is 7.14. The van der Waals surface area contributed by atoms with Gasteiger partial charge >= 0.3 is 6.18 Å². The molecule has 1 aliphatic rings. The average molecular weight is 353 g/mol. The number of nitrogens with one attached hydrogen (secondary N) is 1. The van der Waals surface area contributed by atoms with Gasteiger partial charge in [0, 0.05) is 10.6 Å². The van der Waals surface area contributed by atoms with Gasteiger partial charge in [-0.2, -0.15) is 13.2 Å². The number of alkyl halides is 3. The van der Waals surface area contributed by atoms with E-state index in [0.29, 0.717) is 16.5 Å². The van der Waals surface area contributed by atoms with Crippen molar-refractivity contribution >= 4 is 22.9 Å². The number of fused-ring (bicyclic) bond motifs is 1. The second kappa shape index (κ2) is 6.59. The summed E-state index contributed by atoms with van der Waals surface area (Å²) in [6, 6.07) is 6.44. The Morgan fingerprint density at radius 2 is 2.00 bits per heavy atom. The normalized spacial score (nSPS) is 17.4. The molecule has 1 amide bonds. The van der Waals surface area contributed by atoms with Crippen LogP contribution in [-0.4, -0.2) is 5.91 Å². The van der Waals surface area contributed by atoms with Crippen LogP contribution in [0.25, 0.3) is 0 Å². The molecule has 1 atom stereocenters. The van der Waals surface area contributed by atoms with E-state index in [9.17, 15) is 18.0 Å². The minimum atomic E-state index is -4.37. The van der Waals surface area contributed by atoms with E-state index in [1.807, 2.05) is 6.07 Å². The van der Waals surface area contributed by atoms with Crippen LogP contribution in [0.3, 0.4) is 0 Å². The highest BCUT2D eigenvalue weighted by Gasteiger charge is 2.30. The van der Waals surface area contributed by atoms with E-state index in [-0.39, 0.29) is 5.91 Å². The van der Waals surface area contributed by atoms with Crippen molar-refractivity contribution in [1.29, 1.82) is 0 Å². The molecular weight excluding hydrogens is 335 g/mol. The molecule has 1 N–H and O–H groups in total. The van der Waals surface area contributed by atoms with Crippen LogP contribution in [0.5, 0.6) is 0 Å². The topological polar surface area (TPSA) is 29.1 Å². The maximum Gasteiger partial charge on any atom is 0.416 e. The van der Waals surface area contributed by atoms with Crippen LogP contribution in [0.4, 0.5) is 18.9 Å². The second-order valence-electron chi connectivity index (χ2n) is 6.11. The van der Waals surface area contributed by atoms with Gasteiger partial charge in [-0.05, 0) is 61.1 Å². The SMILES string of the molecule is CC[C@@H]1CCc2sc(C(=O)Nc3ccc(C(F)(F)F)cc3)cc2C1. The number of hydrogen-bond acceptors (Lipinski definition) is 2. The lowest BCUT2D eigenvalue weighted by atomic mass is 9.87. The van der Waals surface area contributed by atoms with E-state index in [2.05, 4.69) is 12.2 Å². The Bertz CT molecular complexity index is 734. The summed E-state index contributed by atoms with van der Waals surface area (Å²) in [5.41, 5.74) is 0.888. The molecule has 1 heterocycles. The van der Waals surface area contributed by atoms with Crippen molar-refractivity contribution in [2.75, 3.05) is 5.32 Å². The lowest BCUT2D eigenvalue weighted by Gasteiger charge is -2.19. The van der Waals surface area contributed by atoms with Crippen LogP contribution >= 0.6 is 11.3 Å². The van der Waals surface area contributed by atoms with Gasteiger partial charge in [-0.3, -0.25) is 4.79 Å². The number of benzene rings is 1. The van der Waals surface area contributed by atoms with Crippen molar-refractivity contribution < 1.29 is 18.0 Å². The number of carbonyl (C=O) groups excluding carboxylic acids is 1. The molecule has 0 aliphatic heterocycles. The van der Waals surface area contributed by atoms with Crippen LogP contribution in [0.2, 0.25) is 0 Å². The van der Waals surface area contributed by atoms with Gasteiger partial charge < -0.3 is 5.32 Å². The fourth-order valence-electron chi connectivity index (χ4n) is 2.99. The van der Waals surface area contributed by atoms with Crippen molar-refractivity contribution in [2.24, 2.45) is 5.92 Å². The Hall–Kier alpha value is -1.82. The molecule has 0 radical (unpaired) electrons. The molecule has 1 aromatic heterocycles.